The second-order valence-electron chi connectivity index (χ2n) is 6.06. The SMILES string of the molecule is CCN(CC)c1ccc(N2C(=O)C(O)=C(c3ccccc3OC)C2=O)cc1. The zero-order chi connectivity index (χ0) is 19.6. The number of carbonyl (C=O) groups excluding carboxylic acids is 2. The minimum absolute atomic E-state index is 0.0507. The molecule has 2 aromatic rings. The molecule has 0 aliphatic carbocycles. The summed E-state index contributed by atoms with van der Waals surface area (Å²) in [6.07, 6.45) is 0. The van der Waals surface area contributed by atoms with E-state index >= 15 is 0 Å². The summed E-state index contributed by atoms with van der Waals surface area (Å²) in [5.41, 5.74) is 1.76. The van der Waals surface area contributed by atoms with Crippen molar-refractivity contribution < 1.29 is 19.4 Å². The Balaban J connectivity index is 1.96. The van der Waals surface area contributed by atoms with Crippen LogP contribution in [0.3, 0.4) is 0 Å². The quantitative estimate of drug-likeness (QED) is 0.794. The van der Waals surface area contributed by atoms with E-state index in [1.54, 1.807) is 36.4 Å². The van der Waals surface area contributed by atoms with Crippen molar-refractivity contribution in [2.75, 3.05) is 30.0 Å². The van der Waals surface area contributed by atoms with Crippen molar-refractivity contribution in [3.63, 3.8) is 0 Å². The van der Waals surface area contributed by atoms with E-state index in [2.05, 4.69) is 18.7 Å². The maximum Gasteiger partial charge on any atom is 0.301 e. The summed E-state index contributed by atoms with van der Waals surface area (Å²) in [6.45, 7) is 5.84. The predicted molar refractivity (Wildman–Crippen MR) is 105 cm³/mol. The Labute approximate surface area is 158 Å². The molecule has 0 saturated carbocycles. The van der Waals surface area contributed by atoms with Crippen LogP contribution in [-0.4, -0.2) is 37.1 Å². The summed E-state index contributed by atoms with van der Waals surface area (Å²) in [5.74, 6) is -1.47. The molecule has 2 amide bonds. The monoisotopic (exact) mass is 366 g/mol. The van der Waals surface area contributed by atoms with E-state index in [4.69, 9.17) is 4.74 Å². The first-order valence-electron chi connectivity index (χ1n) is 8.83. The molecule has 0 fully saturated rings. The summed E-state index contributed by atoms with van der Waals surface area (Å²) >= 11 is 0. The zero-order valence-corrected chi connectivity index (χ0v) is 15.6. The van der Waals surface area contributed by atoms with Gasteiger partial charge < -0.3 is 14.7 Å². The van der Waals surface area contributed by atoms with Crippen molar-refractivity contribution in [2.45, 2.75) is 13.8 Å². The number of amides is 2. The highest BCUT2D eigenvalue weighted by Gasteiger charge is 2.41. The maximum absolute atomic E-state index is 12.9. The largest absolute Gasteiger partial charge is 0.502 e. The molecule has 0 bridgehead atoms. The van der Waals surface area contributed by atoms with Crippen LogP contribution in [0.15, 0.2) is 54.3 Å². The first-order valence-corrected chi connectivity index (χ1v) is 8.83. The molecular weight excluding hydrogens is 344 g/mol. The third kappa shape index (κ3) is 3.14. The van der Waals surface area contributed by atoms with Crippen LogP contribution < -0.4 is 14.5 Å². The number of aliphatic hydroxyl groups is 1. The van der Waals surface area contributed by atoms with Crippen molar-refractivity contribution in [3.05, 3.63) is 59.9 Å². The minimum atomic E-state index is -0.739. The second kappa shape index (κ2) is 7.53. The lowest BCUT2D eigenvalue weighted by Crippen LogP contribution is -2.31. The lowest BCUT2D eigenvalue weighted by Gasteiger charge is -2.22. The Morgan fingerprint density at radius 2 is 1.59 bits per heavy atom. The van der Waals surface area contributed by atoms with Gasteiger partial charge in [0.2, 0.25) is 0 Å². The van der Waals surface area contributed by atoms with E-state index in [1.165, 1.54) is 7.11 Å². The fraction of sp³-hybridized carbons (Fsp3) is 0.238. The molecule has 0 unspecified atom stereocenters. The normalized spacial score (nSPS) is 14.1. The molecule has 6 nitrogen and oxygen atoms in total. The number of ether oxygens (including phenoxy) is 1. The molecule has 6 heteroatoms. The van der Waals surface area contributed by atoms with Crippen LogP contribution in [0.4, 0.5) is 11.4 Å². The summed E-state index contributed by atoms with van der Waals surface area (Å²) < 4.78 is 5.26. The summed E-state index contributed by atoms with van der Waals surface area (Å²) in [7, 11) is 1.47. The molecule has 0 aromatic heterocycles. The fourth-order valence-corrected chi connectivity index (χ4v) is 3.25. The summed E-state index contributed by atoms with van der Waals surface area (Å²) in [5, 5.41) is 10.4. The van der Waals surface area contributed by atoms with Gasteiger partial charge in [-0.1, -0.05) is 18.2 Å². The van der Waals surface area contributed by atoms with Gasteiger partial charge in [-0.3, -0.25) is 9.59 Å². The number of carbonyl (C=O) groups is 2. The molecular formula is C21H22N2O4. The van der Waals surface area contributed by atoms with E-state index in [1.807, 2.05) is 12.1 Å². The number of nitrogens with zero attached hydrogens (tertiary/aromatic N) is 2. The lowest BCUT2D eigenvalue weighted by atomic mass is 10.0. The molecule has 1 aliphatic rings. The van der Waals surface area contributed by atoms with Crippen LogP contribution in [0.2, 0.25) is 0 Å². The van der Waals surface area contributed by atoms with Gasteiger partial charge in [0, 0.05) is 24.3 Å². The Hall–Kier alpha value is -3.28. The first kappa shape index (κ1) is 18.5. The first-order chi connectivity index (χ1) is 13.0. The Bertz CT molecular complexity index is 899. The van der Waals surface area contributed by atoms with Crippen molar-refractivity contribution >= 4 is 28.8 Å². The molecule has 3 rings (SSSR count). The van der Waals surface area contributed by atoms with Gasteiger partial charge in [-0.2, -0.15) is 0 Å². The van der Waals surface area contributed by atoms with Crippen LogP contribution in [0.5, 0.6) is 5.75 Å². The van der Waals surface area contributed by atoms with Crippen molar-refractivity contribution in [1.82, 2.24) is 0 Å². The molecule has 2 aromatic carbocycles. The zero-order valence-electron chi connectivity index (χ0n) is 15.6. The third-order valence-electron chi connectivity index (χ3n) is 4.67. The smallest absolute Gasteiger partial charge is 0.301 e. The Morgan fingerprint density at radius 3 is 2.19 bits per heavy atom. The van der Waals surface area contributed by atoms with Crippen molar-refractivity contribution in [2.24, 2.45) is 0 Å². The summed E-state index contributed by atoms with van der Waals surface area (Å²) in [6, 6.07) is 13.9. The molecule has 0 atom stereocenters. The van der Waals surface area contributed by atoms with Crippen LogP contribution in [0, 0.1) is 0 Å². The van der Waals surface area contributed by atoms with Crippen LogP contribution in [-0.2, 0) is 9.59 Å². The van der Waals surface area contributed by atoms with Gasteiger partial charge in [-0.25, -0.2) is 4.90 Å². The topological polar surface area (TPSA) is 70.1 Å². The fourth-order valence-electron chi connectivity index (χ4n) is 3.25. The number of anilines is 2. The van der Waals surface area contributed by atoms with Crippen LogP contribution >= 0.6 is 0 Å². The standard InChI is InChI=1S/C21H22N2O4/c1-4-22(5-2)14-10-12-15(13-11-14)23-20(25)18(19(24)21(23)26)16-8-6-7-9-17(16)27-3/h6-13,24H,4-5H2,1-3H3. The second-order valence-corrected chi connectivity index (χ2v) is 6.06. The molecule has 1 heterocycles. The predicted octanol–water partition coefficient (Wildman–Crippen LogP) is 3.38. The van der Waals surface area contributed by atoms with Gasteiger partial charge in [0.1, 0.15) is 5.75 Å². The average Bonchev–Trinajstić information content (AvgIpc) is 2.92. The van der Waals surface area contributed by atoms with E-state index in [0.717, 1.165) is 23.7 Å². The Kier molecular flexibility index (Phi) is 5.16. The molecule has 1 N–H and O–H groups in total. The van der Waals surface area contributed by atoms with Gasteiger partial charge in [-0.15, -0.1) is 0 Å². The van der Waals surface area contributed by atoms with Gasteiger partial charge in [0.15, 0.2) is 5.76 Å². The molecule has 0 spiro atoms. The Morgan fingerprint density at radius 1 is 0.963 bits per heavy atom. The van der Waals surface area contributed by atoms with E-state index in [-0.39, 0.29) is 5.57 Å². The maximum atomic E-state index is 12.9. The van der Waals surface area contributed by atoms with Crippen LogP contribution in [0.1, 0.15) is 19.4 Å². The van der Waals surface area contributed by atoms with Crippen molar-refractivity contribution in [3.8, 4) is 5.75 Å². The van der Waals surface area contributed by atoms with Crippen molar-refractivity contribution in [1.29, 1.82) is 0 Å². The highest BCUT2D eigenvalue weighted by Crippen LogP contribution is 2.36. The van der Waals surface area contributed by atoms with E-state index < -0.39 is 17.6 Å². The van der Waals surface area contributed by atoms with E-state index in [0.29, 0.717) is 17.0 Å². The van der Waals surface area contributed by atoms with Gasteiger partial charge in [-0.05, 0) is 44.2 Å². The summed E-state index contributed by atoms with van der Waals surface area (Å²) in [4.78, 5) is 28.7. The highest BCUT2D eigenvalue weighted by atomic mass is 16.5. The number of benzene rings is 2. The van der Waals surface area contributed by atoms with E-state index in [9.17, 15) is 14.7 Å². The minimum Gasteiger partial charge on any atom is -0.502 e. The average molecular weight is 366 g/mol. The number of aliphatic hydroxyl groups excluding tert-OH is 1. The van der Waals surface area contributed by atoms with Gasteiger partial charge >= 0.3 is 5.91 Å². The number of rotatable bonds is 6. The molecule has 0 saturated heterocycles. The number of hydrogen-bond acceptors (Lipinski definition) is 5. The number of para-hydroxylation sites is 1. The molecule has 0 radical (unpaired) electrons. The van der Waals surface area contributed by atoms with Gasteiger partial charge in [0.25, 0.3) is 5.91 Å². The number of imide groups is 1. The molecule has 140 valence electrons. The highest BCUT2D eigenvalue weighted by molar-refractivity contribution is 6.45. The van der Waals surface area contributed by atoms with Crippen LogP contribution in [0.25, 0.3) is 5.57 Å². The molecule has 1 aliphatic heterocycles. The van der Waals surface area contributed by atoms with Gasteiger partial charge in [0.05, 0.1) is 18.4 Å². The molecule has 27 heavy (non-hydrogen) atoms. The number of hydrogen-bond donors (Lipinski definition) is 1. The lowest BCUT2D eigenvalue weighted by molar-refractivity contribution is -0.121. The number of methoxy groups -OCH3 is 1. The third-order valence-corrected chi connectivity index (χ3v) is 4.67.